The lowest BCUT2D eigenvalue weighted by atomic mass is 10.0. The fourth-order valence-corrected chi connectivity index (χ4v) is 1.63. The molecule has 0 spiro atoms. The molecule has 4 nitrogen and oxygen atoms in total. The third-order valence-electron chi connectivity index (χ3n) is 2.70. The van der Waals surface area contributed by atoms with E-state index in [1.807, 2.05) is 32.0 Å². The zero-order valence-electron chi connectivity index (χ0n) is 10.9. The van der Waals surface area contributed by atoms with Crippen LogP contribution in [0.4, 0.5) is 0 Å². The van der Waals surface area contributed by atoms with Crippen molar-refractivity contribution in [3.8, 4) is 5.75 Å². The molecule has 0 aliphatic heterocycles. The topological polar surface area (TPSA) is 58.6 Å². The number of ether oxygens (including phenoxy) is 1. The minimum Gasteiger partial charge on any atom is -0.484 e. The highest BCUT2D eigenvalue weighted by molar-refractivity contribution is 5.77. The molecule has 1 amide bonds. The summed E-state index contributed by atoms with van der Waals surface area (Å²) in [4.78, 5) is 11.7. The van der Waals surface area contributed by atoms with Gasteiger partial charge in [0.25, 0.3) is 5.91 Å². The molecule has 100 valence electrons. The van der Waals surface area contributed by atoms with Crippen LogP contribution in [0.15, 0.2) is 30.3 Å². The molecule has 1 unspecified atom stereocenters. The zero-order chi connectivity index (χ0) is 13.4. The number of rotatable bonds is 7. The van der Waals surface area contributed by atoms with E-state index in [4.69, 9.17) is 9.84 Å². The summed E-state index contributed by atoms with van der Waals surface area (Å²) in [7, 11) is 0. The maximum absolute atomic E-state index is 11.7. The number of aliphatic hydroxyl groups excluding tert-OH is 1. The van der Waals surface area contributed by atoms with E-state index in [-0.39, 0.29) is 31.1 Å². The van der Waals surface area contributed by atoms with Crippen molar-refractivity contribution in [2.24, 2.45) is 5.92 Å². The Kier molecular flexibility index (Phi) is 6.22. The second-order valence-corrected chi connectivity index (χ2v) is 4.53. The van der Waals surface area contributed by atoms with Crippen LogP contribution >= 0.6 is 0 Å². The number of carbonyl (C=O) groups excluding carboxylic acids is 1. The highest BCUT2D eigenvalue weighted by Crippen LogP contribution is 2.08. The van der Waals surface area contributed by atoms with Gasteiger partial charge in [0.05, 0.1) is 0 Å². The molecule has 0 aromatic heterocycles. The van der Waals surface area contributed by atoms with Crippen molar-refractivity contribution in [3.05, 3.63) is 30.3 Å². The summed E-state index contributed by atoms with van der Waals surface area (Å²) in [5, 5.41) is 11.8. The highest BCUT2D eigenvalue weighted by Gasteiger charge is 2.15. The van der Waals surface area contributed by atoms with E-state index < -0.39 is 0 Å². The molecule has 4 heteroatoms. The fourth-order valence-electron chi connectivity index (χ4n) is 1.63. The molecule has 0 saturated carbocycles. The molecule has 0 radical (unpaired) electrons. The quantitative estimate of drug-likeness (QED) is 0.773. The van der Waals surface area contributed by atoms with Crippen molar-refractivity contribution in [1.82, 2.24) is 5.32 Å². The van der Waals surface area contributed by atoms with Gasteiger partial charge in [-0.1, -0.05) is 32.0 Å². The molecule has 1 aromatic carbocycles. The van der Waals surface area contributed by atoms with Crippen LogP contribution in [0.2, 0.25) is 0 Å². The van der Waals surface area contributed by atoms with E-state index in [2.05, 4.69) is 5.32 Å². The van der Waals surface area contributed by atoms with E-state index in [1.165, 1.54) is 0 Å². The van der Waals surface area contributed by atoms with Crippen LogP contribution in [0, 0.1) is 5.92 Å². The molecule has 0 fully saturated rings. The summed E-state index contributed by atoms with van der Waals surface area (Å²) in [5.41, 5.74) is 0. The summed E-state index contributed by atoms with van der Waals surface area (Å²) in [6, 6.07) is 9.21. The number of benzene rings is 1. The number of hydrogen-bond donors (Lipinski definition) is 2. The normalized spacial score (nSPS) is 12.2. The highest BCUT2D eigenvalue weighted by atomic mass is 16.5. The largest absolute Gasteiger partial charge is 0.484 e. The Morgan fingerprint density at radius 2 is 2.00 bits per heavy atom. The third kappa shape index (κ3) is 5.19. The van der Waals surface area contributed by atoms with E-state index in [9.17, 15) is 4.79 Å². The van der Waals surface area contributed by atoms with Crippen molar-refractivity contribution in [1.29, 1.82) is 0 Å². The third-order valence-corrected chi connectivity index (χ3v) is 2.70. The van der Waals surface area contributed by atoms with Gasteiger partial charge in [-0.2, -0.15) is 0 Å². The van der Waals surface area contributed by atoms with Gasteiger partial charge < -0.3 is 15.2 Å². The predicted octanol–water partition coefficient (Wildman–Crippen LogP) is 1.59. The van der Waals surface area contributed by atoms with Gasteiger partial charge in [0.15, 0.2) is 6.61 Å². The zero-order valence-corrected chi connectivity index (χ0v) is 10.9. The Balaban J connectivity index is 2.36. The van der Waals surface area contributed by atoms with Crippen LogP contribution in [0.1, 0.15) is 20.3 Å². The number of aliphatic hydroxyl groups is 1. The molecular weight excluding hydrogens is 230 g/mol. The van der Waals surface area contributed by atoms with Crippen LogP contribution in [0.25, 0.3) is 0 Å². The number of para-hydroxylation sites is 1. The minimum atomic E-state index is -0.161. The molecule has 2 N–H and O–H groups in total. The lowest BCUT2D eigenvalue weighted by Crippen LogP contribution is -2.41. The molecule has 0 heterocycles. The Hall–Kier alpha value is -1.55. The molecular formula is C14H21NO3. The van der Waals surface area contributed by atoms with Crippen LogP contribution in [-0.4, -0.2) is 30.3 Å². The number of amides is 1. The van der Waals surface area contributed by atoms with Crippen molar-refractivity contribution >= 4 is 5.91 Å². The van der Waals surface area contributed by atoms with Crippen molar-refractivity contribution in [2.45, 2.75) is 26.3 Å². The smallest absolute Gasteiger partial charge is 0.258 e. The summed E-state index contributed by atoms with van der Waals surface area (Å²) < 4.78 is 5.35. The Morgan fingerprint density at radius 1 is 1.33 bits per heavy atom. The van der Waals surface area contributed by atoms with Crippen molar-refractivity contribution < 1.29 is 14.6 Å². The Morgan fingerprint density at radius 3 is 2.56 bits per heavy atom. The second-order valence-electron chi connectivity index (χ2n) is 4.53. The van der Waals surface area contributed by atoms with Crippen LogP contribution in [0.3, 0.4) is 0 Å². The van der Waals surface area contributed by atoms with Gasteiger partial charge in [-0.15, -0.1) is 0 Å². The molecule has 18 heavy (non-hydrogen) atoms. The van der Waals surface area contributed by atoms with E-state index in [1.54, 1.807) is 12.1 Å². The molecule has 0 saturated heterocycles. The van der Waals surface area contributed by atoms with Gasteiger partial charge in [-0.05, 0) is 24.5 Å². The van der Waals surface area contributed by atoms with Crippen LogP contribution in [-0.2, 0) is 4.79 Å². The van der Waals surface area contributed by atoms with Gasteiger partial charge in [0.2, 0.25) is 0 Å². The second kappa shape index (κ2) is 7.71. The first-order valence-electron chi connectivity index (χ1n) is 6.21. The maximum Gasteiger partial charge on any atom is 0.258 e. The average molecular weight is 251 g/mol. The van der Waals surface area contributed by atoms with Crippen LogP contribution in [0.5, 0.6) is 5.75 Å². The first-order valence-corrected chi connectivity index (χ1v) is 6.21. The fraction of sp³-hybridized carbons (Fsp3) is 0.500. The monoisotopic (exact) mass is 251 g/mol. The Labute approximate surface area is 108 Å². The standard InChI is InChI=1S/C14H21NO3/c1-11(2)13(8-9-16)15-14(17)10-18-12-6-4-3-5-7-12/h3-7,11,13,16H,8-10H2,1-2H3,(H,15,17). The van der Waals surface area contributed by atoms with Gasteiger partial charge in [0, 0.05) is 12.6 Å². The first kappa shape index (κ1) is 14.5. The van der Waals surface area contributed by atoms with Gasteiger partial charge in [-0.25, -0.2) is 0 Å². The van der Waals surface area contributed by atoms with Gasteiger partial charge in [-0.3, -0.25) is 4.79 Å². The summed E-state index contributed by atoms with van der Waals surface area (Å²) in [5.74, 6) is 0.805. The first-order chi connectivity index (χ1) is 8.63. The lowest BCUT2D eigenvalue weighted by Gasteiger charge is -2.21. The number of carbonyl (C=O) groups is 1. The maximum atomic E-state index is 11.7. The summed E-state index contributed by atoms with van der Waals surface area (Å²) in [6.07, 6.45) is 0.564. The Bertz CT molecular complexity index is 351. The summed E-state index contributed by atoms with van der Waals surface area (Å²) >= 11 is 0. The molecule has 1 atom stereocenters. The van der Waals surface area contributed by atoms with Gasteiger partial charge in [0.1, 0.15) is 5.75 Å². The van der Waals surface area contributed by atoms with Crippen molar-refractivity contribution in [3.63, 3.8) is 0 Å². The van der Waals surface area contributed by atoms with Crippen LogP contribution < -0.4 is 10.1 Å². The van der Waals surface area contributed by atoms with Gasteiger partial charge >= 0.3 is 0 Å². The molecule has 0 aliphatic rings. The summed E-state index contributed by atoms with van der Waals surface area (Å²) in [6.45, 7) is 4.10. The number of nitrogens with one attached hydrogen (secondary N) is 1. The average Bonchev–Trinajstić information content (AvgIpc) is 2.37. The van der Waals surface area contributed by atoms with E-state index in [0.717, 1.165) is 0 Å². The molecule has 1 rings (SSSR count). The minimum absolute atomic E-state index is 0.00133. The molecule has 0 aliphatic carbocycles. The van der Waals surface area contributed by atoms with E-state index >= 15 is 0 Å². The predicted molar refractivity (Wildman–Crippen MR) is 70.4 cm³/mol. The molecule has 0 bridgehead atoms. The van der Waals surface area contributed by atoms with E-state index in [0.29, 0.717) is 12.2 Å². The SMILES string of the molecule is CC(C)C(CCO)NC(=O)COc1ccccc1. The number of hydrogen-bond acceptors (Lipinski definition) is 3. The molecule has 1 aromatic rings. The lowest BCUT2D eigenvalue weighted by molar-refractivity contribution is -0.124. The van der Waals surface area contributed by atoms with Crippen molar-refractivity contribution in [2.75, 3.05) is 13.2 Å².